The molecule has 2 heterocycles. The lowest BCUT2D eigenvalue weighted by atomic mass is 9.97. The molecule has 146 valence electrons. The molecular weight excluding hydrogens is 364 g/mol. The molecule has 0 radical (unpaired) electrons. The Morgan fingerprint density at radius 2 is 1.93 bits per heavy atom. The molecule has 2 amide bonds. The Labute approximate surface area is 162 Å². The second-order valence-corrected chi connectivity index (χ2v) is 9.06. The lowest BCUT2D eigenvalue weighted by Gasteiger charge is -2.20. The van der Waals surface area contributed by atoms with Gasteiger partial charge in [0.1, 0.15) is 10.7 Å². The molecule has 1 aliphatic carbocycles. The molecule has 1 aliphatic rings. The van der Waals surface area contributed by atoms with Crippen LogP contribution in [0.15, 0.2) is 4.79 Å². The van der Waals surface area contributed by atoms with Gasteiger partial charge in [0, 0.05) is 23.3 Å². The van der Waals surface area contributed by atoms with E-state index < -0.39 is 0 Å². The summed E-state index contributed by atoms with van der Waals surface area (Å²) >= 11 is 1.60. The van der Waals surface area contributed by atoms with E-state index in [2.05, 4.69) is 20.6 Å². The van der Waals surface area contributed by atoms with Crippen LogP contribution in [0.3, 0.4) is 0 Å². The molecule has 0 atom stereocenters. The first-order valence-electron chi connectivity index (χ1n) is 9.34. The van der Waals surface area contributed by atoms with Crippen LogP contribution in [0, 0.1) is 0 Å². The molecule has 0 spiro atoms. The van der Waals surface area contributed by atoms with E-state index in [1.54, 1.807) is 11.3 Å². The average molecular weight is 391 g/mol. The molecule has 3 rings (SSSR count). The van der Waals surface area contributed by atoms with Gasteiger partial charge in [-0.2, -0.15) is 0 Å². The molecule has 0 saturated carbocycles. The highest BCUT2D eigenvalue weighted by atomic mass is 32.1. The Hall–Kier alpha value is -2.22. The van der Waals surface area contributed by atoms with Crippen molar-refractivity contribution in [2.75, 3.05) is 6.54 Å². The molecule has 8 heteroatoms. The number of aromatic amines is 1. The molecule has 7 nitrogen and oxygen atoms in total. The van der Waals surface area contributed by atoms with Gasteiger partial charge < -0.3 is 15.6 Å². The highest BCUT2D eigenvalue weighted by molar-refractivity contribution is 7.18. The summed E-state index contributed by atoms with van der Waals surface area (Å²) in [5.41, 5.74) is 0.712. The minimum absolute atomic E-state index is 0.0588. The highest BCUT2D eigenvalue weighted by Gasteiger charge is 2.20. The van der Waals surface area contributed by atoms with Crippen LogP contribution in [0.25, 0.3) is 10.2 Å². The van der Waals surface area contributed by atoms with Crippen molar-refractivity contribution in [1.29, 1.82) is 0 Å². The number of fused-ring (bicyclic) bond motifs is 3. The number of nitrogens with zero attached hydrogens (tertiary/aromatic N) is 1. The van der Waals surface area contributed by atoms with Crippen LogP contribution in [0.2, 0.25) is 0 Å². The van der Waals surface area contributed by atoms with E-state index >= 15 is 0 Å². The van der Waals surface area contributed by atoms with Gasteiger partial charge >= 0.3 is 0 Å². The first-order valence-corrected chi connectivity index (χ1v) is 10.2. The molecule has 0 fully saturated rings. The van der Waals surface area contributed by atoms with Crippen molar-refractivity contribution in [2.24, 2.45) is 0 Å². The van der Waals surface area contributed by atoms with Gasteiger partial charge in [0.2, 0.25) is 11.8 Å². The predicted octanol–water partition coefficient (Wildman–Crippen LogP) is 1.83. The Morgan fingerprint density at radius 1 is 1.19 bits per heavy atom. The normalized spacial score (nSPS) is 14.0. The van der Waals surface area contributed by atoms with Crippen molar-refractivity contribution < 1.29 is 9.59 Å². The number of aromatic nitrogens is 2. The maximum absolute atomic E-state index is 12.5. The number of amides is 2. The van der Waals surface area contributed by atoms with Crippen molar-refractivity contribution in [2.45, 2.75) is 64.8 Å². The van der Waals surface area contributed by atoms with Crippen molar-refractivity contribution >= 4 is 33.4 Å². The summed E-state index contributed by atoms with van der Waals surface area (Å²) in [6.07, 6.45) is 4.74. The molecule has 0 aromatic carbocycles. The third-order valence-electron chi connectivity index (χ3n) is 4.42. The lowest BCUT2D eigenvalue weighted by molar-refractivity contribution is -0.126. The molecule has 27 heavy (non-hydrogen) atoms. The number of H-pyrrole nitrogens is 1. The number of hydrogen-bond acceptors (Lipinski definition) is 5. The molecule has 0 aliphatic heterocycles. The van der Waals surface area contributed by atoms with Gasteiger partial charge in [-0.1, -0.05) is 0 Å². The summed E-state index contributed by atoms with van der Waals surface area (Å²) in [6.45, 7) is 5.59. The van der Waals surface area contributed by atoms with Crippen LogP contribution < -0.4 is 16.2 Å². The minimum Gasteiger partial charge on any atom is -0.350 e. The monoisotopic (exact) mass is 390 g/mol. The van der Waals surface area contributed by atoms with Crippen molar-refractivity contribution in [3.05, 3.63) is 26.6 Å². The summed E-state index contributed by atoms with van der Waals surface area (Å²) in [5.74, 6) is 0.0423. The Morgan fingerprint density at radius 3 is 2.67 bits per heavy atom. The van der Waals surface area contributed by atoms with Gasteiger partial charge in [-0.3, -0.25) is 14.4 Å². The van der Waals surface area contributed by atoms with Gasteiger partial charge in [-0.15, -0.1) is 11.3 Å². The van der Waals surface area contributed by atoms with Crippen molar-refractivity contribution in [3.63, 3.8) is 0 Å². The number of carbonyl (C=O) groups is 2. The van der Waals surface area contributed by atoms with Gasteiger partial charge in [0.25, 0.3) is 5.56 Å². The van der Waals surface area contributed by atoms with Gasteiger partial charge in [0.05, 0.1) is 11.9 Å². The number of aryl methyl sites for hydroxylation is 3. The Bertz CT molecular complexity index is 923. The second kappa shape index (κ2) is 7.80. The van der Waals surface area contributed by atoms with Crippen LogP contribution in [0.1, 0.15) is 56.3 Å². The van der Waals surface area contributed by atoms with E-state index in [0.29, 0.717) is 12.2 Å². The third-order valence-corrected chi connectivity index (χ3v) is 5.61. The number of nitrogens with one attached hydrogen (secondary N) is 3. The highest BCUT2D eigenvalue weighted by Crippen LogP contribution is 2.33. The fourth-order valence-electron chi connectivity index (χ4n) is 3.29. The average Bonchev–Trinajstić information content (AvgIpc) is 2.95. The van der Waals surface area contributed by atoms with Crippen molar-refractivity contribution in [1.82, 2.24) is 20.6 Å². The van der Waals surface area contributed by atoms with Crippen LogP contribution in [0.4, 0.5) is 0 Å². The molecular formula is C19H26N4O3S. The largest absolute Gasteiger partial charge is 0.350 e. The van der Waals surface area contributed by atoms with E-state index in [4.69, 9.17) is 0 Å². The standard InChI is InChI=1S/C19H26N4O3S/c1-19(2,3)23-15(25)10-20-14(24)9-8-13-21-17(26)16-11-6-4-5-7-12(11)27-18(16)22-13/h4-10H2,1-3H3,(H,20,24)(H,23,25)(H,21,22,26). The van der Waals surface area contributed by atoms with E-state index in [9.17, 15) is 14.4 Å². The summed E-state index contributed by atoms with van der Waals surface area (Å²) in [7, 11) is 0. The third kappa shape index (κ3) is 4.94. The molecule has 0 saturated heterocycles. The summed E-state index contributed by atoms with van der Waals surface area (Å²) in [6, 6.07) is 0. The first-order chi connectivity index (χ1) is 12.7. The van der Waals surface area contributed by atoms with Crippen LogP contribution in [0.5, 0.6) is 0 Å². The molecule has 2 aromatic heterocycles. The van der Waals surface area contributed by atoms with E-state index in [0.717, 1.165) is 41.5 Å². The van der Waals surface area contributed by atoms with E-state index in [1.165, 1.54) is 4.88 Å². The zero-order valence-electron chi connectivity index (χ0n) is 16.0. The molecule has 0 bridgehead atoms. The zero-order chi connectivity index (χ0) is 19.6. The summed E-state index contributed by atoms with van der Waals surface area (Å²) in [4.78, 5) is 45.6. The zero-order valence-corrected chi connectivity index (χ0v) is 16.8. The van der Waals surface area contributed by atoms with Gasteiger partial charge in [-0.25, -0.2) is 4.98 Å². The van der Waals surface area contributed by atoms with E-state index in [1.807, 2.05) is 20.8 Å². The Balaban J connectivity index is 1.60. The lowest BCUT2D eigenvalue weighted by Crippen LogP contribution is -2.45. The first kappa shape index (κ1) is 19.5. The van der Waals surface area contributed by atoms with Gasteiger partial charge in [-0.05, 0) is 52.0 Å². The fourth-order valence-corrected chi connectivity index (χ4v) is 4.57. The van der Waals surface area contributed by atoms with Crippen molar-refractivity contribution in [3.8, 4) is 0 Å². The SMILES string of the molecule is CC(C)(C)NC(=O)CNC(=O)CCc1nc2sc3c(c2c(=O)[nH]1)CCCC3. The maximum atomic E-state index is 12.5. The van der Waals surface area contributed by atoms with Gasteiger partial charge in [0.15, 0.2) is 0 Å². The second-order valence-electron chi connectivity index (χ2n) is 7.98. The molecule has 2 aromatic rings. The number of hydrogen-bond donors (Lipinski definition) is 3. The quantitative estimate of drug-likeness (QED) is 0.724. The topological polar surface area (TPSA) is 104 Å². The summed E-state index contributed by atoms with van der Waals surface area (Å²) < 4.78 is 0. The Kier molecular flexibility index (Phi) is 5.64. The van der Waals surface area contributed by atoms with Crippen LogP contribution in [-0.4, -0.2) is 33.9 Å². The number of carbonyl (C=O) groups excluding carboxylic acids is 2. The van der Waals surface area contributed by atoms with Crippen LogP contribution in [-0.2, 0) is 28.9 Å². The molecule has 3 N–H and O–H groups in total. The van der Waals surface area contributed by atoms with E-state index in [-0.39, 0.29) is 35.9 Å². The fraction of sp³-hybridized carbons (Fsp3) is 0.579. The number of thiophene rings is 1. The molecule has 0 unspecified atom stereocenters. The van der Waals surface area contributed by atoms with Crippen LogP contribution >= 0.6 is 11.3 Å². The number of rotatable bonds is 5. The predicted molar refractivity (Wildman–Crippen MR) is 106 cm³/mol. The minimum atomic E-state index is -0.333. The maximum Gasteiger partial charge on any atom is 0.259 e. The summed E-state index contributed by atoms with van der Waals surface area (Å²) in [5, 5.41) is 6.11. The smallest absolute Gasteiger partial charge is 0.259 e.